The van der Waals surface area contributed by atoms with Crippen LogP contribution in [0.25, 0.3) is 0 Å². The minimum absolute atomic E-state index is 0.0839. The Morgan fingerprint density at radius 1 is 1.39 bits per heavy atom. The van der Waals surface area contributed by atoms with Crippen LogP contribution in [0.15, 0.2) is 36.4 Å². The van der Waals surface area contributed by atoms with Gasteiger partial charge in [0, 0.05) is 25.0 Å². The first-order valence-corrected chi connectivity index (χ1v) is 7.80. The molecule has 4 rings (SSSR count). The number of carbonyl (C=O) groups excluding carboxylic acids is 1. The topological polar surface area (TPSA) is 71.8 Å². The van der Waals surface area contributed by atoms with Crippen LogP contribution in [-0.4, -0.2) is 20.7 Å². The summed E-state index contributed by atoms with van der Waals surface area (Å²) >= 11 is 0. The van der Waals surface area contributed by atoms with E-state index in [1.165, 1.54) is 0 Å². The number of aromatic nitrogens is 3. The van der Waals surface area contributed by atoms with Gasteiger partial charge in [0.2, 0.25) is 0 Å². The molecule has 0 radical (unpaired) electrons. The zero-order valence-electron chi connectivity index (χ0n) is 13.3. The number of hydrogen-bond donors (Lipinski definition) is 2. The second kappa shape index (κ2) is 4.94. The number of anilines is 1. The number of carbonyl (C=O) groups is 1. The lowest BCUT2D eigenvalue weighted by Crippen LogP contribution is -2.38. The van der Waals surface area contributed by atoms with E-state index in [0.717, 1.165) is 41.8 Å². The second-order valence-corrected chi connectivity index (χ2v) is 6.41. The molecule has 1 aliphatic carbocycles. The maximum atomic E-state index is 12.6. The number of nitrogens with zero attached hydrogens (tertiary/aromatic N) is 3. The number of fused-ring (bicyclic) bond motifs is 1. The van der Waals surface area contributed by atoms with Crippen molar-refractivity contribution in [2.45, 2.75) is 31.7 Å². The Morgan fingerprint density at radius 3 is 2.91 bits per heavy atom. The number of nitrogens with one attached hydrogen (secondary N) is 2. The van der Waals surface area contributed by atoms with E-state index in [1.807, 2.05) is 38.6 Å². The molecule has 0 aromatic carbocycles. The van der Waals surface area contributed by atoms with E-state index in [2.05, 4.69) is 26.8 Å². The number of rotatable bonds is 3. The van der Waals surface area contributed by atoms with E-state index in [4.69, 9.17) is 0 Å². The maximum absolute atomic E-state index is 12.6. The fourth-order valence-corrected chi connectivity index (χ4v) is 3.00. The predicted molar refractivity (Wildman–Crippen MR) is 86.6 cm³/mol. The van der Waals surface area contributed by atoms with Crippen LogP contribution in [-0.2, 0) is 23.8 Å². The van der Waals surface area contributed by atoms with Gasteiger partial charge in [0.15, 0.2) is 0 Å². The largest absolute Gasteiger partial charge is 0.341 e. The zero-order valence-corrected chi connectivity index (χ0v) is 13.3. The highest BCUT2D eigenvalue weighted by atomic mass is 16.2. The normalized spacial score (nSPS) is 17.7. The second-order valence-electron chi connectivity index (χ2n) is 6.41. The standard InChI is InChI=1S/C17H19N5O/c1-11-7-12-3-4-14(20-15(12)18-8-11)16(23)21-17(5-6-17)13-9-19-22(2)10-13/h4,7-10H,3,5-6H2,1-2H3,(H,18,20)(H,21,23). The smallest absolute Gasteiger partial charge is 0.268 e. The molecule has 3 heterocycles. The molecule has 23 heavy (non-hydrogen) atoms. The minimum Gasteiger partial charge on any atom is -0.341 e. The fourth-order valence-electron chi connectivity index (χ4n) is 3.00. The monoisotopic (exact) mass is 309 g/mol. The Labute approximate surface area is 134 Å². The maximum Gasteiger partial charge on any atom is 0.268 e. The number of aryl methyl sites for hydroxylation is 2. The van der Waals surface area contributed by atoms with E-state index < -0.39 is 0 Å². The molecule has 2 aromatic rings. The summed E-state index contributed by atoms with van der Waals surface area (Å²) in [6.45, 7) is 2.02. The van der Waals surface area contributed by atoms with Crippen molar-refractivity contribution < 1.29 is 4.79 Å². The van der Waals surface area contributed by atoms with Crippen molar-refractivity contribution in [3.05, 3.63) is 53.1 Å². The molecular formula is C17H19N5O. The molecule has 0 bridgehead atoms. The molecule has 1 amide bonds. The quantitative estimate of drug-likeness (QED) is 0.906. The molecular weight excluding hydrogens is 290 g/mol. The van der Waals surface area contributed by atoms with E-state index in [-0.39, 0.29) is 11.4 Å². The van der Waals surface area contributed by atoms with Crippen LogP contribution >= 0.6 is 0 Å². The van der Waals surface area contributed by atoms with Crippen molar-refractivity contribution in [1.82, 2.24) is 20.1 Å². The van der Waals surface area contributed by atoms with Gasteiger partial charge in [-0.1, -0.05) is 12.1 Å². The third-order valence-corrected chi connectivity index (χ3v) is 4.49. The summed E-state index contributed by atoms with van der Waals surface area (Å²) < 4.78 is 1.77. The molecule has 2 N–H and O–H groups in total. The van der Waals surface area contributed by atoms with Crippen LogP contribution in [0.4, 0.5) is 5.82 Å². The number of hydrogen-bond acceptors (Lipinski definition) is 4. The van der Waals surface area contributed by atoms with Crippen molar-refractivity contribution >= 4 is 11.7 Å². The molecule has 1 fully saturated rings. The lowest BCUT2D eigenvalue weighted by Gasteiger charge is -2.21. The number of allylic oxidation sites excluding steroid dienone is 1. The van der Waals surface area contributed by atoms with E-state index in [9.17, 15) is 4.79 Å². The average molecular weight is 309 g/mol. The fraction of sp³-hybridized carbons (Fsp3) is 0.353. The summed E-state index contributed by atoms with van der Waals surface area (Å²) in [5.74, 6) is 0.689. The van der Waals surface area contributed by atoms with Gasteiger partial charge in [-0.15, -0.1) is 0 Å². The zero-order chi connectivity index (χ0) is 16.0. The van der Waals surface area contributed by atoms with E-state index in [0.29, 0.717) is 5.70 Å². The lowest BCUT2D eigenvalue weighted by atomic mass is 10.1. The Kier molecular flexibility index (Phi) is 3.01. The van der Waals surface area contributed by atoms with Crippen molar-refractivity contribution in [2.24, 2.45) is 7.05 Å². The molecule has 0 spiro atoms. The molecule has 0 atom stereocenters. The lowest BCUT2D eigenvalue weighted by molar-refractivity contribution is -0.118. The van der Waals surface area contributed by atoms with Crippen molar-refractivity contribution in [3.63, 3.8) is 0 Å². The molecule has 0 unspecified atom stereocenters. The molecule has 118 valence electrons. The summed E-state index contributed by atoms with van der Waals surface area (Å²) in [5, 5.41) is 10.5. The van der Waals surface area contributed by atoms with E-state index >= 15 is 0 Å². The van der Waals surface area contributed by atoms with Crippen molar-refractivity contribution in [2.75, 3.05) is 5.32 Å². The van der Waals surface area contributed by atoms with Gasteiger partial charge < -0.3 is 10.6 Å². The van der Waals surface area contributed by atoms with Crippen LogP contribution in [0.5, 0.6) is 0 Å². The molecule has 2 aromatic heterocycles. The molecule has 1 saturated carbocycles. The molecule has 6 nitrogen and oxygen atoms in total. The van der Waals surface area contributed by atoms with Crippen LogP contribution in [0, 0.1) is 6.92 Å². The van der Waals surface area contributed by atoms with E-state index in [1.54, 1.807) is 4.68 Å². The highest BCUT2D eigenvalue weighted by Crippen LogP contribution is 2.45. The van der Waals surface area contributed by atoms with Gasteiger partial charge in [0.05, 0.1) is 11.7 Å². The van der Waals surface area contributed by atoms with Gasteiger partial charge in [-0.05, 0) is 37.3 Å². The summed E-state index contributed by atoms with van der Waals surface area (Å²) in [6.07, 6.45) is 10.2. The Bertz CT molecular complexity index is 816. The molecule has 2 aliphatic rings. The van der Waals surface area contributed by atoms with Gasteiger partial charge in [-0.25, -0.2) is 4.98 Å². The number of pyridine rings is 1. The summed E-state index contributed by atoms with van der Waals surface area (Å²) in [4.78, 5) is 17.0. The first kappa shape index (κ1) is 14.0. The van der Waals surface area contributed by atoms with Gasteiger partial charge >= 0.3 is 0 Å². The molecule has 6 heteroatoms. The Morgan fingerprint density at radius 2 is 2.22 bits per heavy atom. The van der Waals surface area contributed by atoms with Gasteiger partial charge in [-0.2, -0.15) is 5.10 Å². The third-order valence-electron chi connectivity index (χ3n) is 4.49. The highest BCUT2D eigenvalue weighted by Gasteiger charge is 2.47. The average Bonchev–Trinajstić information content (AvgIpc) is 3.18. The SMILES string of the molecule is Cc1cnc2c(c1)CC=C(C(=O)NC1(c3cnn(C)c3)CC1)N2. The number of amides is 1. The molecule has 1 aliphatic heterocycles. The minimum atomic E-state index is -0.255. The summed E-state index contributed by atoms with van der Waals surface area (Å²) in [7, 11) is 1.89. The van der Waals surface area contributed by atoms with Gasteiger partial charge in [0.1, 0.15) is 11.5 Å². The Balaban J connectivity index is 1.51. The first-order valence-electron chi connectivity index (χ1n) is 7.80. The predicted octanol–water partition coefficient (Wildman–Crippen LogP) is 1.78. The van der Waals surface area contributed by atoms with Gasteiger partial charge in [0.25, 0.3) is 5.91 Å². The molecule has 0 saturated heterocycles. The van der Waals surface area contributed by atoms with Crippen molar-refractivity contribution in [1.29, 1.82) is 0 Å². The first-order chi connectivity index (χ1) is 11.1. The van der Waals surface area contributed by atoms with Crippen LogP contribution in [0.3, 0.4) is 0 Å². The van der Waals surface area contributed by atoms with Gasteiger partial charge in [-0.3, -0.25) is 9.48 Å². The van der Waals surface area contributed by atoms with Crippen LogP contribution < -0.4 is 10.6 Å². The Hall–Kier alpha value is -2.63. The third kappa shape index (κ3) is 2.50. The van der Waals surface area contributed by atoms with Crippen molar-refractivity contribution in [3.8, 4) is 0 Å². The summed E-state index contributed by atoms with van der Waals surface area (Å²) in [5.41, 5.74) is 3.63. The highest BCUT2D eigenvalue weighted by molar-refractivity contribution is 5.97. The van der Waals surface area contributed by atoms with Crippen LogP contribution in [0.1, 0.15) is 29.5 Å². The van der Waals surface area contributed by atoms with Crippen LogP contribution in [0.2, 0.25) is 0 Å². The summed E-state index contributed by atoms with van der Waals surface area (Å²) in [6, 6.07) is 2.10.